The number of pyridine rings is 1. The van der Waals surface area contributed by atoms with Crippen LogP contribution in [0.5, 0.6) is 5.75 Å². The van der Waals surface area contributed by atoms with E-state index in [1.54, 1.807) is 0 Å². The quantitative estimate of drug-likeness (QED) is 0.557. The van der Waals surface area contributed by atoms with Crippen molar-refractivity contribution in [1.29, 1.82) is 0 Å². The molecular formula is C18H19N3O3. The van der Waals surface area contributed by atoms with Gasteiger partial charge in [0, 0.05) is 25.4 Å². The van der Waals surface area contributed by atoms with Crippen molar-refractivity contribution < 1.29 is 14.7 Å². The van der Waals surface area contributed by atoms with Gasteiger partial charge < -0.3 is 15.7 Å². The van der Waals surface area contributed by atoms with Crippen LogP contribution in [0.1, 0.15) is 23.0 Å². The summed E-state index contributed by atoms with van der Waals surface area (Å²) in [4.78, 5) is 27.5. The molecule has 2 amide bonds. The molecule has 0 atom stereocenters. The van der Waals surface area contributed by atoms with E-state index in [0.29, 0.717) is 0 Å². The molecule has 2 rings (SSSR count). The molecular weight excluding hydrogens is 306 g/mol. The fourth-order valence-electron chi connectivity index (χ4n) is 2.05. The Balaban J connectivity index is 1.77. The standard InChI is InChI=1S/C18H19N3O3/c1-13(14-6-3-2-4-7-14)12-16(23)19-10-11-21-18(24)17-15(22)8-5-9-20-17/h2-9,12,22H,10-11H2,1H3,(H,19,23)(H,21,24)/b13-12+. The number of aromatic hydroxyl groups is 1. The van der Waals surface area contributed by atoms with Crippen LogP contribution in [0.4, 0.5) is 0 Å². The van der Waals surface area contributed by atoms with Gasteiger partial charge in [-0.05, 0) is 30.2 Å². The van der Waals surface area contributed by atoms with Crippen LogP contribution < -0.4 is 10.6 Å². The van der Waals surface area contributed by atoms with Gasteiger partial charge >= 0.3 is 0 Å². The second-order valence-corrected chi connectivity index (χ2v) is 5.11. The minimum atomic E-state index is -0.488. The topological polar surface area (TPSA) is 91.3 Å². The van der Waals surface area contributed by atoms with E-state index in [0.717, 1.165) is 11.1 Å². The van der Waals surface area contributed by atoms with Gasteiger partial charge in [-0.15, -0.1) is 0 Å². The summed E-state index contributed by atoms with van der Waals surface area (Å²) in [6.45, 7) is 2.37. The highest BCUT2D eigenvalue weighted by Crippen LogP contribution is 2.12. The van der Waals surface area contributed by atoms with Crippen molar-refractivity contribution in [2.75, 3.05) is 13.1 Å². The molecule has 6 nitrogen and oxygen atoms in total. The Kier molecular flexibility index (Phi) is 6.08. The van der Waals surface area contributed by atoms with Crippen LogP contribution >= 0.6 is 0 Å². The van der Waals surface area contributed by atoms with Crippen LogP contribution in [0, 0.1) is 0 Å². The molecule has 0 radical (unpaired) electrons. The Morgan fingerprint density at radius 3 is 2.50 bits per heavy atom. The van der Waals surface area contributed by atoms with Crippen molar-refractivity contribution in [3.05, 3.63) is 66.0 Å². The molecule has 0 saturated carbocycles. The average molecular weight is 325 g/mol. The lowest BCUT2D eigenvalue weighted by atomic mass is 10.1. The molecule has 0 saturated heterocycles. The average Bonchev–Trinajstić information content (AvgIpc) is 2.59. The summed E-state index contributed by atoms with van der Waals surface area (Å²) in [6, 6.07) is 12.5. The summed E-state index contributed by atoms with van der Waals surface area (Å²) in [5.41, 5.74) is 1.80. The number of carbonyl (C=O) groups excluding carboxylic acids is 2. The zero-order valence-electron chi connectivity index (χ0n) is 13.3. The van der Waals surface area contributed by atoms with Gasteiger partial charge in [-0.2, -0.15) is 0 Å². The van der Waals surface area contributed by atoms with Crippen molar-refractivity contribution in [2.24, 2.45) is 0 Å². The summed E-state index contributed by atoms with van der Waals surface area (Å²) < 4.78 is 0. The van der Waals surface area contributed by atoms with Gasteiger partial charge in [0.05, 0.1) is 0 Å². The lowest BCUT2D eigenvalue weighted by Crippen LogP contribution is -2.34. The van der Waals surface area contributed by atoms with E-state index in [9.17, 15) is 14.7 Å². The lowest BCUT2D eigenvalue weighted by molar-refractivity contribution is -0.116. The maximum Gasteiger partial charge on any atom is 0.273 e. The number of carbonyl (C=O) groups is 2. The molecule has 0 fully saturated rings. The van der Waals surface area contributed by atoms with Crippen molar-refractivity contribution in [3.8, 4) is 5.75 Å². The minimum Gasteiger partial charge on any atom is -0.505 e. The molecule has 0 spiro atoms. The SMILES string of the molecule is C/C(=C\C(=O)NCCNC(=O)c1ncccc1O)c1ccccc1. The van der Waals surface area contributed by atoms with Crippen molar-refractivity contribution in [2.45, 2.75) is 6.92 Å². The number of rotatable bonds is 6. The highest BCUT2D eigenvalue weighted by molar-refractivity contribution is 5.95. The highest BCUT2D eigenvalue weighted by Gasteiger charge is 2.11. The number of nitrogens with zero attached hydrogens (tertiary/aromatic N) is 1. The Labute approximate surface area is 140 Å². The normalized spacial score (nSPS) is 11.0. The maximum atomic E-state index is 11.8. The van der Waals surface area contributed by atoms with Crippen molar-refractivity contribution in [1.82, 2.24) is 15.6 Å². The second-order valence-electron chi connectivity index (χ2n) is 5.11. The van der Waals surface area contributed by atoms with Gasteiger partial charge in [-0.1, -0.05) is 30.3 Å². The monoisotopic (exact) mass is 325 g/mol. The Bertz CT molecular complexity index is 742. The maximum absolute atomic E-state index is 11.8. The highest BCUT2D eigenvalue weighted by atomic mass is 16.3. The van der Waals surface area contributed by atoms with Gasteiger partial charge in [0.25, 0.3) is 5.91 Å². The molecule has 6 heteroatoms. The number of hydrogen-bond donors (Lipinski definition) is 3. The summed E-state index contributed by atoms with van der Waals surface area (Å²) in [5, 5.41) is 14.8. The lowest BCUT2D eigenvalue weighted by Gasteiger charge is -2.07. The van der Waals surface area contributed by atoms with Crippen LogP contribution in [-0.2, 0) is 4.79 Å². The number of hydrogen-bond acceptors (Lipinski definition) is 4. The Hall–Kier alpha value is -3.15. The molecule has 24 heavy (non-hydrogen) atoms. The van der Waals surface area contributed by atoms with Gasteiger partial charge in [-0.25, -0.2) is 4.98 Å². The van der Waals surface area contributed by atoms with E-state index in [2.05, 4.69) is 15.6 Å². The second kappa shape index (κ2) is 8.47. The third-order valence-electron chi connectivity index (χ3n) is 3.29. The first-order valence-electron chi connectivity index (χ1n) is 7.51. The first-order valence-corrected chi connectivity index (χ1v) is 7.51. The van der Waals surface area contributed by atoms with Crippen LogP contribution in [0.3, 0.4) is 0 Å². The van der Waals surface area contributed by atoms with Gasteiger partial charge in [0.2, 0.25) is 5.91 Å². The van der Waals surface area contributed by atoms with Gasteiger partial charge in [0.1, 0.15) is 5.75 Å². The van der Waals surface area contributed by atoms with Crippen molar-refractivity contribution in [3.63, 3.8) is 0 Å². The van der Waals surface area contributed by atoms with E-state index in [1.807, 2.05) is 37.3 Å². The number of allylic oxidation sites excluding steroid dienone is 1. The summed E-state index contributed by atoms with van der Waals surface area (Å²) in [5.74, 6) is -0.898. The van der Waals surface area contributed by atoms with Crippen LogP contribution in [-0.4, -0.2) is 35.0 Å². The van der Waals surface area contributed by atoms with E-state index in [4.69, 9.17) is 0 Å². The zero-order chi connectivity index (χ0) is 17.4. The van der Waals surface area contributed by atoms with Crippen LogP contribution in [0.2, 0.25) is 0 Å². The molecule has 2 aromatic rings. The minimum absolute atomic E-state index is 0.0383. The summed E-state index contributed by atoms with van der Waals surface area (Å²) >= 11 is 0. The number of benzene rings is 1. The first kappa shape index (κ1) is 17.2. The van der Waals surface area contributed by atoms with Crippen LogP contribution in [0.15, 0.2) is 54.7 Å². The number of nitrogens with one attached hydrogen (secondary N) is 2. The molecule has 0 aliphatic rings. The van der Waals surface area contributed by atoms with Gasteiger partial charge in [-0.3, -0.25) is 9.59 Å². The molecule has 1 aromatic heterocycles. The summed E-state index contributed by atoms with van der Waals surface area (Å²) in [7, 11) is 0. The number of amides is 2. The molecule has 1 heterocycles. The third kappa shape index (κ3) is 4.95. The van der Waals surface area contributed by atoms with Crippen LogP contribution in [0.25, 0.3) is 5.57 Å². The van der Waals surface area contributed by atoms with E-state index in [1.165, 1.54) is 24.4 Å². The molecule has 1 aromatic carbocycles. The predicted octanol–water partition coefficient (Wildman–Crippen LogP) is 1.74. The van der Waals surface area contributed by atoms with Gasteiger partial charge in [0.15, 0.2) is 5.69 Å². The molecule has 0 aliphatic heterocycles. The first-order chi connectivity index (χ1) is 11.6. The molecule has 0 bridgehead atoms. The molecule has 0 aliphatic carbocycles. The third-order valence-corrected chi connectivity index (χ3v) is 3.29. The zero-order valence-corrected chi connectivity index (χ0v) is 13.3. The Morgan fingerprint density at radius 2 is 1.79 bits per heavy atom. The largest absolute Gasteiger partial charge is 0.505 e. The van der Waals surface area contributed by atoms with E-state index in [-0.39, 0.29) is 30.4 Å². The fraction of sp³-hybridized carbons (Fsp3) is 0.167. The van der Waals surface area contributed by atoms with E-state index >= 15 is 0 Å². The molecule has 124 valence electrons. The Morgan fingerprint density at radius 1 is 1.08 bits per heavy atom. The molecule has 3 N–H and O–H groups in total. The smallest absolute Gasteiger partial charge is 0.273 e. The predicted molar refractivity (Wildman–Crippen MR) is 91.3 cm³/mol. The summed E-state index contributed by atoms with van der Waals surface area (Å²) in [6.07, 6.45) is 2.94. The number of aromatic nitrogens is 1. The molecule has 0 unspecified atom stereocenters. The fourth-order valence-corrected chi connectivity index (χ4v) is 2.05. The van der Waals surface area contributed by atoms with Crippen molar-refractivity contribution >= 4 is 17.4 Å². The van der Waals surface area contributed by atoms with E-state index < -0.39 is 5.91 Å².